The molecule has 1 heterocycles. The highest BCUT2D eigenvalue weighted by Crippen LogP contribution is 2.16. The molecule has 18 heavy (non-hydrogen) atoms. The van der Waals surface area contributed by atoms with Crippen LogP contribution in [-0.4, -0.2) is 15.9 Å². The predicted molar refractivity (Wildman–Crippen MR) is 69.9 cm³/mol. The molecule has 0 saturated carbocycles. The van der Waals surface area contributed by atoms with Gasteiger partial charge in [-0.25, -0.2) is 4.98 Å². The fourth-order valence-electron chi connectivity index (χ4n) is 1.84. The van der Waals surface area contributed by atoms with Gasteiger partial charge in [-0.05, 0) is 5.56 Å². The Hall–Kier alpha value is -2.10. The number of nitrogens with one attached hydrogen (secondary N) is 2. The highest BCUT2D eigenvalue weighted by Gasteiger charge is 2.15. The monoisotopic (exact) mass is 243 g/mol. The van der Waals surface area contributed by atoms with E-state index in [0.717, 1.165) is 11.4 Å². The largest absolute Gasteiger partial charge is 0.349 e. The summed E-state index contributed by atoms with van der Waals surface area (Å²) in [6.45, 7) is 1.85. The summed E-state index contributed by atoms with van der Waals surface area (Å²) in [7, 11) is 0. The first-order valence-electron chi connectivity index (χ1n) is 6.12. The molecule has 1 amide bonds. The number of nitrogens with zero attached hydrogens (tertiary/aromatic N) is 1. The Kier molecular flexibility index (Phi) is 4.12. The molecular formula is C14H17N3O. The van der Waals surface area contributed by atoms with E-state index in [1.54, 1.807) is 12.4 Å². The second-order valence-electron chi connectivity index (χ2n) is 4.12. The van der Waals surface area contributed by atoms with Gasteiger partial charge in [0.15, 0.2) is 0 Å². The van der Waals surface area contributed by atoms with E-state index in [1.807, 2.05) is 37.3 Å². The summed E-state index contributed by atoms with van der Waals surface area (Å²) in [5.74, 6) is 0.927. The molecule has 1 aromatic heterocycles. The zero-order valence-electron chi connectivity index (χ0n) is 10.4. The fraction of sp³-hybridized carbons (Fsp3) is 0.286. The van der Waals surface area contributed by atoms with Gasteiger partial charge in [0.25, 0.3) is 0 Å². The molecule has 2 N–H and O–H groups in total. The summed E-state index contributed by atoms with van der Waals surface area (Å²) in [5.41, 5.74) is 1.09. The summed E-state index contributed by atoms with van der Waals surface area (Å²) in [6.07, 6.45) is 4.67. The number of rotatable bonds is 5. The Balaban J connectivity index is 2.15. The SMILES string of the molecule is CCC(=O)N[C@H](Cc1ncc[nH]1)c1ccccc1. The molecule has 0 unspecified atom stereocenters. The van der Waals surface area contributed by atoms with Crippen LogP contribution in [0.5, 0.6) is 0 Å². The number of carbonyl (C=O) groups is 1. The van der Waals surface area contributed by atoms with Gasteiger partial charge in [0.05, 0.1) is 6.04 Å². The molecule has 4 nitrogen and oxygen atoms in total. The summed E-state index contributed by atoms with van der Waals surface area (Å²) >= 11 is 0. The van der Waals surface area contributed by atoms with Gasteiger partial charge in [0, 0.05) is 25.2 Å². The number of H-pyrrole nitrogens is 1. The first-order chi connectivity index (χ1) is 8.79. The van der Waals surface area contributed by atoms with E-state index in [4.69, 9.17) is 0 Å². The zero-order valence-corrected chi connectivity index (χ0v) is 10.4. The van der Waals surface area contributed by atoms with Crippen molar-refractivity contribution in [2.45, 2.75) is 25.8 Å². The van der Waals surface area contributed by atoms with Crippen molar-refractivity contribution >= 4 is 5.91 Å². The third kappa shape index (κ3) is 3.20. The van der Waals surface area contributed by atoms with E-state index in [9.17, 15) is 4.79 Å². The molecule has 94 valence electrons. The minimum Gasteiger partial charge on any atom is -0.349 e. The third-order valence-corrected chi connectivity index (χ3v) is 2.81. The van der Waals surface area contributed by atoms with Crippen molar-refractivity contribution in [2.24, 2.45) is 0 Å². The maximum absolute atomic E-state index is 11.6. The Morgan fingerprint density at radius 3 is 2.78 bits per heavy atom. The molecule has 2 rings (SSSR count). The second kappa shape index (κ2) is 6.00. The van der Waals surface area contributed by atoms with E-state index in [-0.39, 0.29) is 11.9 Å². The van der Waals surface area contributed by atoms with Gasteiger partial charge in [-0.15, -0.1) is 0 Å². The summed E-state index contributed by atoms with van der Waals surface area (Å²) in [4.78, 5) is 18.9. The van der Waals surface area contributed by atoms with Gasteiger partial charge in [0.1, 0.15) is 5.82 Å². The van der Waals surface area contributed by atoms with Crippen molar-refractivity contribution in [3.05, 3.63) is 54.1 Å². The molecule has 0 saturated heterocycles. The molecule has 0 radical (unpaired) electrons. The lowest BCUT2D eigenvalue weighted by atomic mass is 10.0. The number of hydrogen-bond donors (Lipinski definition) is 2. The van der Waals surface area contributed by atoms with Crippen LogP contribution in [-0.2, 0) is 11.2 Å². The van der Waals surface area contributed by atoms with Gasteiger partial charge >= 0.3 is 0 Å². The third-order valence-electron chi connectivity index (χ3n) is 2.81. The topological polar surface area (TPSA) is 57.8 Å². The van der Waals surface area contributed by atoms with Gasteiger partial charge in [-0.3, -0.25) is 4.79 Å². The van der Waals surface area contributed by atoms with Crippen molar-refractivity contribution in [3.63, 3.8) is 0 Å². The summed E-state index contributed by atoms with van der Waals surface area (Å²) < 4.78 is 0. The van der Waals surface area contributed by atoms with Gasteiger partial charge in [0.2, 0.25) is 5.91 Å². The number of benzene rings is 1. The first kappa shape index (κ1) is 12.4. The second-order valence-corrected chi connectivity index (χ2v) is 4.12. The Bertz CT molecular complexity index is 479. The minimum atomic E-state index is -0.0372. The van der Waals surface area contributed by atoms with Crippen LogP contribution in [0.3, 0.4) is 0 Å². The van der Waals surface area contributed by atoms with Gasteiger partial charge < -0.3 is 10.3 Å². The number of carbonyl (C=O) groups excluding carboxylic acids is 1. The highest BCUT2D eigenvalue weighted by atomic mass is 16.1. The van der Waals surface area contributed by atoms with Crippen LogP contribution in [0.25, 0.3) is 0 Å². The first-order valence-corrected chi connectivity index (χ1v) is 6.12. The van der Waals surface area contributed by atoms with Crippen LogP contribution in [0.2, 0.25) is 0 Å². The van der Waals surface area contributed by atoms with Crippen molar-refractivity contribution in [2.75, 3.05) is 0 Å². The molecule has 4 heteroatoms. The lowest BCUT2D eigenvalue weighted by Crippen LogP contribution is -2.29. The van der Waals surface area contributed by atoms with Crippen molar-refractivity contribution < 1.29 is 4.79 Å². The van der Waals surface area contributed by atoms with E-state index in [0.29, 0.717) is 12.8 Å². The number of hydrogen-bond acceptors (Lipinski definition) is 2. The molecule has 1 atom stereocenters. The van der Waals surface area contributed by atoms with Crippen molar-refractivity contribution in [1.29, 1.82) is 0 Å². The minimum absolute atomic E-state index is 0.0372. The normalized spacial score (nSPS) is 12.1. The van der Waals surface area contributed by atoms with E-state index >= 15 is 0 Å². The summed E-state index contributed by atoms with van der Waals surface area (Å²) in [5, 5.41) is 3.02. The van der Waals surface area contributed by atoms with Gasteiger partial charge in [-0.2, -0.15) is 0 Å². The maximum Gasteiger partial charge on any atom is 0.220 e. The van der Waals surface area contributed by atoms with Crippen LogP contribution in [0.1, 0.15) is 30.8 Å². The molecule has 0 fully saturated rings. The average molecular weight is 243 g/mol. The smallest absolute Gasteiger partial charge is 0.220 e. The average Bonchev–Trinajstić information content (AvgIpc) is 2.92. The molecule has 0 bridgehead atoms. The Labute approximate surface area is 106 Å². The lowest BCUT2D eigenvalue weighted by Gasteiger charge is -2.17. The number of amides is 1. The molecule has 0 aliphatic carbocycles. The molecule has 0 aliphatic heterocycles. The van der Waals surface area contributed by atoms with E-state index in [2.05, 4.69) is 15.3 Å². The molecular weight excluding hydrogens is 226 g/mol. The van der Waals surface area contributed by atoms with E-state index < -0.39 is 0 Å². The van der Waals surface area contributed by atoms with Crippen LogP contribution in [0, 0.1) is 0 Å². The highest BCUT2D eigenvalue weighted by molar-refractivity contribution is 5.76. The fourth-order valence-corrected chi connectivity index (χ4v) is 1.84. The quantitative estimate of drug-likeness (QED) is 0.846. The van der Waals surface area contributed by atoms with Crippen LogP contribution < -0.4 is 5.32 Å². The van der Waals surface area contributed by atoms with Crippen LogP contribution >= 0.6 is 0 Å². The zero-order chi connectivity index (χ0) is 12.8. The van der Waals surface area contributed by atoms with Gasteiger partial charge in [-0.1, -0.05) is 37.3 Å². The Morgan fingerprint density at radius 1 is 1.39 bits per heavy atom. The molecule has 0 spiro atoms. The Morgan fingerprint density at radius 2 is 2.17 bits per heavy atom. The molecule has 0 aliphatic rings. The predicted octanol–water partition coefficient (Wildman–Crippen LogP) is 2.22. The molecule has 2 aromatic rings. The van der Waals surface area contributed by atoms with Crippen molar-refractivity contribution in [3.8, 4) is 0 Å². The maximum atomic E-state index is 11.6. The van der Waals surface area contributed by atoms with Crippen LogP contribution in [0.4, 0.5) is 0 Å². The number of aromatic amines is 1. The van der Waals surface area contributed by atoms with Crippen LogP contribution in [0.15, 0.2) is 42.7 Å². The standard InChI is InChI=1S/C14H17N3O/c1-2-14(18)17-12(10-13-15-8-9-16-13)11-6-4-3-5-7-11/h3-9,12H,2,10H2,1H3,(H,15,16)(H,17,18)/t12-/m1/s1. The lowest BCUT2D eigenvalue weighted by molar-refractivity contribution is -0.121. The molecule has 1 aromatic carbocycles. The summed E-state index contributed by atoms with van der Waals surface area (Å²) in [6, 6.07) is 9.91. The number of aromatic nitrogens is 2. The van der Waals surface area contributed by atoms with E-state index in [1.165, 1.54) is 0 Å². The number of imidazole rings is 1. The van der Waals surface area contributed by atoms with Crippen molar-refractivity contribution in [1.82, 2.24) is 15.3 Å².